The Balaban J connectivity index is 1.60. The molecule has 2 N–H and O–H groups in total. The molecule has 0 saturated carbocycles. The monoisotopic (exact) mass is 322 g/mol. The number of H-pyrrole nitrogens is 1. The number of hydrogen-bond donors (Lipinski definition) is 2. The van der Waals surface area contributed by atoms with Gasteiger partial charge in [0.05, 0.1) is 11.7 Å². The first-order valence-corrected chi connectivity index (χ1v) is 7.99. The van der Waals surface area contributed by atoms with E-state index in [1.165, 1.54) is 0 Å². The Morgan fingerprint density at radius 1 is 1.12 bits per heavy atom. The molecule has 5 nitrogen and oxygen atoms in total. The molecule has 0 spiro atoms. The van der Waals surface area contributed by atoms with Crippen LogP contribution in [-0.2, 0) is 0 Å². The molecule has 0 aliphatic carbocycles. The number of Topliss-reactive ketones (excluding diaryl/α,β-unsaturated/α-hetero) is 1. The van der Waals surface area contributed by atoms with E-state index in [9.17, 15) is 4.79 Å². The Labute approximate surface area is 139 Å². The van der Waals surface area contributed by atoms with E-state index < -0.39 is 0 Å². The van der Waals surface area contributed by atoms with E-state index in [4.69, 9.17) is 9.47 Å². The molecule has 0 amide bonds. The van der Waals surface area contributed by atoms with Gasteiger partial charge in [0.2, 0.25) is 0 Å². The van der Waals surface area contributed by atoms with Crippen molar-refractivity contribution in [1.29, 1.82) is 0 Å². The van der Waals surface area contributed by atoms with Crippen LogP contribution in [-0.4, -0.2) is 30.0 Å². The van der Waals surface area contributed by atoms with Crippen LogP contribution in [0.1, 0.15) is 17.3 Å². The molecule has 1 unspecified atom stereocenters. The molecule has 2 aromatic carbocycles. The first-order chi connectivity index (χ1) is 11.7. The maximum absolute atomic E-state index is 12.8. The lowest BCUT2D eigenvalue weighted by Crippen LogP contribution is -2.27. The molecule has 5 heteroatoms. The molecule has 1 aromatic heterocycles. The minimum Gasteiger partial charge on any atom is -0.486 e. The van der Waals surface area contributed by atoms with Crippen molar-refractivity contribution >= 4 is 22.4 Å². The highest BCUT2D eigenvalue weighted by molar-refractivity contribution is 6.11. The normalized spacial score (nSPS) is 14.4. The van der Waals surface area contributed by atoms with Crippen molar-refractivity contribution < 1.29 is 14.3 Å². The second-order valence-electron chi connectivity index (χ2n) is 5.81. The first-order valence-electron chi connectivity index (χ1n) is 7.99. The molecule has 122 valence electrons. The molecule has 4 rings (SSSR count). The molecule has 2 heterocycles. The fraction of sp³-hybridized carbons (Fsp3) is 0.211. The summed E-state index contributed by atoms with van der Waals surface area (Å²) in [5, 5.41) is 4.19. The number of hydrogen-bond acceptors (Lipinski definition) is 4. The number of para-hydroxylation sites is 2. The van der Waals surface area contributed by atoms with Crippen molar-refractivity contribution in [2.75, 3.05) is 18.5 Å². The number of rotatable bonds is 4. The Kier molecular flexibility index (Phi) is 3.61. The molecule has 24 heavy (non-hydrogen) atoms. The molecule has 0 radical (unpaired) electrons. The summed E-state index contributed by atoms with van der Waals surface area (Å²) >= 11 is 0. The number of fused-ring (bicyclic) bond motifs is 2. The fourth-order valence-corrected chi connectivity index (χ4v) is 2.99. The average molecular weight is 322 g/mol. The van der Waals surface area contributed by atoms with Crippen molar-refractivity contribution in [3.8, 4) is 11.5 Å². The number of benzene rings is 2. The number of anilines is 1. The van der Waals surface area contributed by atoms with Gasteiger partial charge in [0.25, 0.3) is 0 Å². The van der Waals surface area contributed by atoms with Crippen molar-refractivity contribution in [2.24, 2.45) is 0 Å². The predicted octanol–water partition coefficient (Wildman–Crippen LogP) is 3.62. The Morgan fingerprint density at radius 2 is 1.96 bits per heavy atom. The van der Waals surface area contributed by atoms with Gasteiger partial charge in [-0.15, -0.1) is 0 Å². The first kappa shape index (κ1) is 14.6. The highest BCUT2D eigenvalue weighted by atomic mass is 16.6. The summed E-state index contributed by atoms with van der Waals surface area (Å²) in [5.74, 6) is 1.40. The number of nitrogens with one attached hydrogen (secondary N) is 2. The van der Waals surface area contributed by atoms with Gasteiger partial charge in [-0.25, -0.2) is 0 Å². The van der Waals surface area contributed by atoms with Crippen LogP contribution in [0.3, 0.4) is 0 Å². The SMILES string of the molecule is CC(Nc1cccc2c1OCCO2)C(=O)c1c[nH]c2ccccc12. The second kappa shape index (κ2) is 5.92. The molecular formula is C19H18N2O3. The Hall–Kier alpha value is -2.95. The largest absolute Gasteiger partial charge is 0.486 e. The molecule has 0 fully saturated rings. The number of ether oxygens (including phenoxy) is 2. The topological polar surface area (TPSA) is 63.4 Å². The van der Waals surface area contributed by atoms with E-state index in [0.717, 1.165) is 16.6 Å². The molecule has 1 aliphatic heterocycles. The van der Waals surface area contributed by atoms with Gasteiger partial charge in [-0.05, 0) is 25.1 Å². The van der Waals surface area contributed by atoms with Gasteiger partial charge >= 0.3 is 0 Å². The third-order valence-corrected chi connectivity index (χ3v) is 4.19. The molecule has 1 atom stereocenters. The number of aromatic nitrogens is 1. The van der Waals surface area contributed by atoms with Crippen molar-refractivity contribution in [3.63, 3.8) is 0 Å². The van der Waals surface area contributed by atoms with E-state index in [2.05, 4.69) is 10.3 Å². The van der Waals surface area contributed by atoms with Crippen LogP contribution in [0.15, 0.2) is 48.7 Å². The van der Waals surface area contributed by atoms with Crippen molar-refractivity contribution in [3.05, 3.63) is 54.2 Å². The number of carbonyl (C=O) groups excluding carboxylic acids is 1. The second-order valence-corrected chi connectivity index (χ2v) is 5.81. The highest BCUT2D eigenvalue weighted by Crippen LogP contribution is 2.37. The summed E-state index contributed by atoms with van der Waals surface area (Å²) in [7, 11) is 0. The summed E-state index contributed by atoms with van der Waals surface area (Å²) in [6.45, 7) is 2.91. The van der Waals surface area contributed by atoms with E-state index >= 15 is 0 Å². The molecule has 0 bridgehead atoms. The minimum atomic E-state index is -0.388. The van der Waals surface area contributed by atoms with Crippen molar-refractivity contribution in [2.45, 2.75) is 13.0 Å². The van der Waals surface area contributed by atoms with Gasteiger partial charge in [-0.1, -0.05) is 24.3 Å². The Morgan fingerprint density at radius 3 is 2.88 bits per heavy atom. The number of aromatic amines is 1. The van der Waals surface area contributed by atoms with Gasteiger partial charge in [-0.2, -0.15) is 0 Å². The zero-order chi connectivity index (χ0) is 16.5. The van der Waals surface area contributed by atoms with Crippen molar-refractivity contribution in [1.82, 2.24) is 4.98 Å². The summed E-state index contributed by atoms with van der Waals surface area (Å²) in [5.41, 5.74) is 2.42. The molecule has 0 saturated heterocycles. The van der Waals surface area contributed by atoms with Gasteiger partial charge in [0.1, 0.15) is 13.2 Å². The predicted molar refractivity (Wildman–Crippen MR) is 93.1 cm³/mol. The van der Waals surface area contributed by atoms with Crippen LogP contribution in [0, 0.1) is 0 Å². The zero-order valence-corrected chi connectivity index (χ0v) is 13.3. The van der Waals surface area contributed by atoms with Crippen LogP contribution >= 0.6 is 0 Å². The molecule has 3 aromatic rings. The quantitative estimate of drug-likeness (QED) is 0.720. The summed E-state index contributed by atoms with van der Waals surface area (Å²) < 4.78 is 11.3. The van der Waals surface area contributed by atoms with E-state index in [-0.39, 0.29) is 11.8 Å². The van der Waals surface area contributed by atoms with E-state index in [1.54, 1.807) is 6.20 Å². The lowest BCUT2D eigenvalue weighted by atomic mass is 10.0. The van der Waals surface area contributed by atoms with Gasteiger partial charge in [-0.3, -0.25) is 4.79 Å². The third-order valence-electron chi connectivity index (χ3n) is 4.19. The van der Waals surface area contributed by atoms with Gasteiger partial charge < -0.3 is 19.8 Å². The van der Waals surface area contributed by atoms with Crippen LogP contribution in [0.25, 0.3) is 10.9 Å². The summed E-state index contributed by atoms with van der Waals surface area (Å²) in [6.07, 6.45) is 1.77. The lowest BCUT2D eigenvalue weighted by Gasteiger charge is -2.23. The summed E-state index contributed by atoms with van der Waals surface area (Å²) in [6, 6.07) is 13.1. The number of carbonyl (C=O) groups is 1. The van der Waals surface area contributed by atoms with Crippen LogP contribution in [0.5, 0.6) is 11.5 Å². The maximum atomic E-state index is 12.8. The average Bonchev–Trinajstić information content (AvgIpc) is 3.05. The smallest absolute Gasteiger partial charge is 0.186 e. The van der Waals surface area contributed by atoms with Gasteiger partial charge in [0, 0.05) is 22.7 Å². The third kappa shape index (κ3) is 2.48. The Bertz CT molecular complexity index is 901. The van der Waals surface area contributed by atoms with Crippen LogP contribution in [0.2, 0.25) is 0 Å². The minimum absolute atomic E-state index is 0.0294. The standard InChI is InChI=1S/C19H18N2O3/c1-12(18(22)14-11-20-15-6-3-2-5-13(14)15)21-16-7-4-8-17-19(16)24-10-9-23-17/h2-8,11-12,20-21H,9-10H2,1H3. The maximum Gasteiger partial charge on any atom is 0.186 e. The number of ketones is 1. The van der Waals surface area contributed by atoms with E-state index in [0.29, 0.717) is 30.3 Å². The fourth-order valence-electron chi connectivity index (χ4n) is 2.99. The molecule has 1 aliphatic rings. The lowest BCUT2D eigenvalue weighted by molar-refractivity contribution is 0.0977. The zero-order valence-electron chi connectivity index (χ0n) is 13.3. The van der Waals surface area contributed by atoms with Crippen LogP contribution < -0.4 is 14.8 Å². The summed E-state index contributed by atoms with van der Waals surface area (Å²) in [4.78, 5) is 16.0. The highest BCUT2D eigenvalue weighted by Gasteiger charge is 2.22. The van der Waals surface area contributed by atoms with Gasteiger partial charge in [0.15, 0.2) is 17.3 Å². The molecular weight excluding hydrogens is 304 g/mol. The van der Waals surface area contributed by atoms with E-state index in [1.807, 2.05) is 49.4 Å². The van der Waals surface area contributed by atoms with Crippen LogP contribution in [0.4, 0.5) is 5.69 Å².